The number of hydrogen-bond acceptors (Lipinski definition) is 3. The van der Waals surface area contributed by atoms with E-state index in [0.29, 0.717) is 0 Å². The molecule has 0 aliphatic rings. The summed E-state index contributed by atoms with van der Waals surface area (Å²) in [5.74, 6) is -0.775. The van der Waals surface area contributed by atoms with Crippen LogP contribution in [0.4, 0.5) is 18.9 Å². The van der Waals surface area contributed by atoms with Crippen molar-refractivity contribution in [2.45, 2.75) is 13.1 Å². The Balaban J connectivity index is 2.88. The van der Waals surface area contributed by atoms with Crippen LogP contribution >= 0.6 is 0 Å². The summed E-state index contributed by atoms with van der Waals surface area (Å²) in [4.78, 5) is 11.6. The predicted molar refractivity (Wildman–Crippen MR) is 60.4 cm³/mol. The molecule has 0 aliphatic carbocycles. The monoisotopic (exact) mass is 262 g/mol. The Morgan fingerprint density at radius 2 is 2.11 bits per heavy atom. The summed E-state index contributed by atoms with van der Waals surface area (Å²) in [6, 6.07) is 4.33. The first-order valence-electron chi connectivity index (χ1n) is 5.21. The Morgan fingerprint density at radius 3 is 2.67 bits per heavy atom. The van der Waals surface area contributed by atoms with Gasteiger partial charge in [0.15, 0.2) is 5.75 Å². The molecule has 0 heterocycles. The third-order valence-electron chi connectivity index (χ3n) is 2.03. The largest absolute Gasteiger partial charge is 0.491 e. The van der Waals surface area contributed by atoms with Gasteiger partial charge >= 0.3 is 6.18 Å². The van der Waals surface area contributed by atoms with Gasteiger partial charge in [-0.05, 0) is 19.1 Å². The van der Waals surface area contributed by atoms with Gasteiger partial charge in [-0.15, -0.1) is 0 Å². The molecule has 4 nitrogen and oxygen atoms in total. The zero-order chi connectivity index (χ0) is 13.8. The Labute approximate surface area is 102 Å². The molecule has 0 fully saturated rings. The van der Waals surface area contributed by atoms with E-state index in [1.165, 1.54) is 18.2 Å². The first-order chi connectivity index (χ1) is 8.35. The van der Waals surface area contributed by atoms with E-state index in [9.17, 15) is 18.0 Å². The number of rotatable bonds is 4. The van der Waals surface area contributed by atoms with Gasteiger partial charge < -0.3 is 15.8 Å². The quantitative estimate of drug-likeness (QED) is 0.815. The van der Waals surface area contributed by atoms with Crippen LogP contribution in [-0.2, 0) is 0 Å². The number of para-hydroxylation sites is 1. The number of nitrogens with one attached hydrogen (secondary N) is 1. The van der Waals surface area contributed by atoms with Crippen molar-refractivity contribution in [2.24, 2.45) is 0 Å². The standard InChI is InChI=1S/C11H13F3N2O2/c1-2-18-9-7(4-3-5-8(9)15)10(17)16-6-11(12,13)14/h3-5H,2,6,15H2,1H3,(H,16,17). The second-order valence-corrected chi connectivity index (χ2v) is 3.45. The lowest BCUT2D eigenvalue weighted by molar-refractivity contribution is -0.123. The number of halogens is 3. The fraction of sp³-hybridized carbons (Fsp3) is 0.364. The Bertz CT molecular complexity index is 433. The summed E-state index contributed by atoms with van der Waals surface area (Å²) in [7, 11) is 0. The molecule has 0 spiro atoms. The highest BCUT2D eigenvalue weighted by Gasteiger charge is 2.28. The number of nitrogen functional groups attached to an aromatic ring is 1. The number of carbonyl (C=O) groups is 1. The molecule has 1 aromatic rings. The molecular formula is C11H13F3N2O2. The van der Waals surface area contributed by atoms with E-state index in [1.807, 2.05) is 0 Å². The first kappa shape index (κ1) is 14.1. The van der Waals surface area contributed by atoms with Crippen molar-refractivity contribution in [2.75, 3.05) is 18.9 Å². The maximum atomic E-state index is 12.0. The third kappa shape index (κ3) is 3.83. The third-order valence-corrected chi connectivity index (χ3v) is 2.03. The molecule has 1 amide bonds. The molecule has 3 N–H and O–H groups in total. The first-order valence-corrected chi connectivity index (χ1v) is 5.21. The maximum absolute atomic E-state index is 12.0. The van der Waals surface area contributed by atoms with Crippen LogP contribution in [0.25, 0.3) is 0 Å². The number of carbonyl (C=O) groups excluding carboxylic acids is 1. The van der Waals surface area contributed by atoms with Crippen molar-refractivity contribution in [3.05, 3.63) is 23.8 Å². The van der Waals surface area contributed by atoms with Crippen LogP contribution in [0.2, 0.25) is 0 Å². The molecule has 0 aliphatic heterocycles. The van der Waals surface area contributed by atoms with Crippen molar-refractivity contribution in [3.8, 4) is 5.75 Å². The zero-order valence-electron chi connectivity index (χ0n) is 9.67. The molecule has 0 atom stereocenters. The van der Waals surface area contributed by atoms with Crippen molar-refractivity contribution in [1.82, 2.24) is 5.32 Å². The Morgan fingerprint density at radius 1 is 1.44 bits per heavy atom. The summed E-state index contributed by atoms with van der Waals surface area (Å²) in [6.07, 6.45) is -4.46. The highest BCUT2D eigenvalue weighted by Crippen LogP contribution is 2.26. The second kappa shape index (κ2) is 5.61. The molecule has 18 heavy (non-hydrogen) atoms. The summed E-state index contributed by atoms with van der Waals surface area (Å²) in [5.41, 5.74) is 5.79. The summed E-state index contributed by atoms with van der Waals surface area (Å²) >= 11 is 0. The lowest BCUT2D eigenvalue weighted by atomic mass is 10.1. The fourth-order valence-corrected chi connectivity index (χ4v) is 1.31. The highest BCUT2D eigenvalue weighted by molar-refractivity contribution is 5.98. The SMILES string of the molecule is CCOc1c(N)cccc1C(=O)NCC(F)(F)F. The number of amides is 1. The van der Waals surface area contributed by atoms with Crippen molar-refractivity contribution < 1.29 is 22.7 Å². The second-order valence-electron chi connectivity index (χ2n) is 3.45. The number of nitrogens with two attached hydrogens (primary N) is 1. The minimum Gasteiger partial charge on any atom is -0.491 e. The van der Waals surface area contributed by atoms with Gasteiger partial charge in [-0.25, -0.2) is 0 Å². The highest BCUT2D eigenvalue weighted by atomic mass is 19.4. The van der Waals surface area contributed by atoms with Crippen LogP contribution in [0, 0.1) is 0 Å². The molecule has 0 radical (unpaired) electrons. The molecule has 0 aromatic heterocycles. The summed E-state index contributed by atoms with van der Waals surface area (Å²) in [6.45, 7) is 0.545. The maximum Gasteiger partial charge on any atom is 0.405 e. The molecular weight excluding hydrogens is 249 g/mol. The molecule has 0 saturated carbocycles. The average Bonchev–Trinajstić information content (AvgIpc) is 2.28. The van der Waals surface area contributed by atoms with Gasteiger partial charge in [-0.2, -0.15) is 13.2 Å². The summed E-state index contributed by atoms with van der Waals surface area (Å²) in [5, 5.41) is 1.77. The van der Waals surface area contributed by atoms with Gasteiger partial charge in [0.1, 0.15) is 6.54 Å². The minimum atomic E-state index is -4.46. The number of hydrogen-bond donors (Lipinski definition) is 2. The van der Waals surface area contributed by atoms with E-state index in [-0.39, 0.29) is 23.6 Å². The van der Waals surface area contributed by atoms with Crippen LogP contribution in [0.5, 0.6) is 5.75 Å². The van der Waals surface area contributed by atoms with Crippen LogP contribution in [0.15, 0.2) is 18.2 Å². The topological polar surface area (TPSA) is 64.3 Å². The lowest BCUT2D eigenvalue weighted by Crippen LogP contribution is -2.34. The number of ether oxygens (including phenoxy) is 1. The van der Waals surface area contributed by atoms with E-state index in [4.69, 9.17) is 10.5 Å². The van der Waals surface area contributed by atoms with Crippen molar-refractivity contribution >= 4 is 11.6 Å². The molecule has 1 rings (SSSR count). The minimum absolute atomic E-state index is 0.0129. The predicted octanol–water partition coefficient (Wildman–Crippen LogP) is 1.96. The van der Waals surface area contributed by atoms with E-state index >= 15 is 0 Å². The van der Waals surface area contributed by atoms with Crippen LogP contribution in [-0.4, -0.2) is 25.2 Å². The fourth-order valence-electron chi connectivity index (χ4n) is 1.31. The number of alkyl halides is 3. The van der Waals surface area contributed by atoms with Crippen molar-refractivity contribution in [1.29, 1.82) is 0 Å². The Hall–Kier alpha value is -1.92. The van der Waals surface area contributed by atoms with Gasteiger partial charge in [0.25, 0.3) is 5.91 Å². The normalized spacial score (nSPS) is 11.1. The van der Waals surface area contributed by atoms with Gasteiger partial charge in [0.2, 0.25) is 0 Å². The number of anilines is 1. The molecule has 1 aromatic carbocycles. The molecule has 0 saturated heterocycles. The van der Waals surface area contributed by atoms with Gasteiger partial charge in [0, 0.05) is 0 Å². The number of benzene rings is 1. The van der Waals surface area contributed by atoms with E-state index in [2.05, 4.69) is 0 Å². The van der Waals surface area contributed by atoms with E-state index in [1.54, 1.807) is 12.2 Å². The molecule has 7 heteroatoms. The van der Waals surface area contributed by atoms with Gasteiger partial charge in [0.05, 0.1) is 17.9 Å². The molecule has 0 bridgehead atoms. The van der Waals surface area contributed by atoms with Crippen LogP contribution in [0.3, 0.4) is 0 Å². The zero-order valence-corrected chi connectivity index (χ0v) is 9.67. The molecule has 100 valence electrons. The van der Waals surface area contributed by atoms with E-state index < -0.39 is 18.6 Å². The van der Waals surface area contributed by atoms with Crippen molar-refractivity contribution in [3.63, 3.8) is 0 Å². The summed E-state index contributed by atoms with van der Waals surface area (Å²) < 4.78 is 41.1. The average molecular weight is 262 g/mol. The van der Waals surface area contributed by atoms with Gasteiger partial charge in [-0.3, -0.25) is 4.79 Å². The smallest absolute Gasteiger partial charge is 0.405 e. The van der Waals surface area contributed by atoms with Crippen LogP contribution < -0.4 is 15.8 Å². The van der Waals surface area contributed by atoms with E-state index in [0.717, 1.165) is 0 Å². The lowest BCUT2D eigenvalue weighted by Gasteiger charge is -2.13. The Kier molecular flexibility index (Phi) is 4.41. The molecule has 0 unspecified atom stereocenters. The van der Waals surface area contributed by atoms with Gasteiger partial charge in [-0.1, -0.05) is 6.07 Å². The van der Waals surface area contributed by atoms with Crippen LogP contribution in [0.1, 0.15) is 17.3 Å².